The molecule has 0 spiro atoms. The van der Waals surface area contributed by atoms with Gasteiger partial charge in [0, 0.05) is 5.54 Å². The van der Waals surface area contributed by atoms with Crippen molar-refractivity contribution in [3.8, 4) is 5.69 Å². The second-order valence-corrected chi connectivity index (χ2v) is 7.53. The predicted molar refractivity (Wildman–Crippen MR) is 104 cm³/mol. The lowest BCUT2D eigenvalue weighted by Crippen LogP contribution is -2.50. The first-order chi connectivity index (χ1) is 13.0. The molecule has 0 fully saturated rings. The van der Waals surface area contributed by atoms with Crippen LogP contribution < -0.4 is 10.6 Å². The van der Waals surface area contributed by atoms with Gasteiger partial charge < -0.3 is 10.1 Å². The Hall–Kier alpha value is -3.16. The summed E-state index contributed by atoms with van der Waals surface area (Å²) in [4.78, 5) is 36.5. The Bertz CT molecular complexity index is 882. The number of hydrogen-bond donors (Lipinski definition) is 2. The molecule has 2 rings (SSSR count). The summed E-state index contributed by atoms with van der Waals surface area (Å²) in [6.07, 6.45) is -1.14. The van der Waals surface area contributed by atoms with Gasteiger partial charge in [-0.25, -0.2) is 14.3 Å². The molecule has 3 amide bonds. The Kier molecular flexibility index (Phi) is 6.23. The highest BCUT2D eigenvalue weighted by Crippen LogP contribution is 2.19. The number of carbonyl (C=O) groups is 3. The summed E-state index contributed by atoms with van der Waals surface area (Å²) in [5.41, 5.74) is 1.70. The van der Waals surface area contributed by atoms with Gasteiger partial charge in [0.2, 0.25) is 0 Å². The van der Waals surface area contributed by atoms with Crippen molar-refractivity contribution in [2.75, 3.05) is 0 Å². The van der Waals surface area contributed by atoms with Crippen LogP contribution >= 0.6 is 0 Å². The predicted octanol–water partition coefficient (Wildman–Crippen LogP) is 2.66. The second kappa shape index (κ2) is 8.24. The molecule has 0 saturated carbocycles. The van der Waals surface area contributed by atoms with Crippen LogP contribution in [0.2, 0.25) is 0 Å². The molecule has 1 heterocycles. The molecule has 0 saturated heterocycles. The minimum absolute atomic E-state index is 0.294. The number of carbonyl (C=O) groups excluding carboxylic acids is 3. The summed E-state index contributed by atoms with van der Waals surface area (Å²) in [5, 5.41) is 9.16. The van der Waals surface area contributed by atoms with Gasteiger partial charge in [0.15, 0.2) is 6.10 Å². The molecule has 0 bridgehead atoms. The zero-order valence-corrected chi connectivity index (χ0v) is 17.0. The number of aryl methyl sites for hydroxylation is 1. The van der Waals surface area contributed by atoms with E-state index >= 15 is 0 Å². The maximum Gasteiger partial charge on any atom is 0.342 e. The van der Waals surface area contributed by atoms with E-state index in [9.17, 15) is 14.4 Å². The number of amides is 3. The van der Waals surface area contributed by atoms with Gasteiger partial charge in [0.25, 0.3) is 5.91 Å². The summed E-state index contributed by atoms with van der Waals surface area (Å²) in [6.45, 7) is 10.2. The monoisotopic (exact) mass is 386 g/mol. The average molecular weight is 386 g/mol. The maximum absolute atomic E-state index is 12.6. The molecule has 8 heteroatoms. The van der Waals surface area contributed by atoms with Crippen molar-refractivity contribution >= 4 is 17.9 Å². The van der Waals surface area contributed by atoms with Gasteiger partial charge in [0.05, 0.1) is 17.1 Å². The van der Waals surface area contributed by atoms with E-state index in [4.69, 9.17) is 4.74 Å². The smallest absolute Gasteiger partial charge is 0.342 e. The molecule has 0 aliphatic carbocycles. The normalized spacial score (nSPS) is 12.2. The van der Waals surface area contributed by atoms with Crippen molar-refractivity contribution in [3.63, 3.8) is 0 Å². The Labute approximate surface area is 164 Å². The summed E-state index contributed by atoms with van der Waals surface area (Å²) in [5.74, 6) is -1.38. The van der Waals surface area contributed by atoms with Gasteiger partial charge >= 0.3 is 12.0 Å². The molecule has 0 radical (unpaired) electrons. The number of benzene rings is 1. The van der Waals surface area contributed by atoms with E-state index in [-0.39, 0.29) is 0 Å². The van der Waals surface area contributed by atoms with Gasteiger partial charge in [-0.2, -0.15) is 5.10 Å². The molecule has 0 aliphatic heterocycles. The molecule has 28 heavy (non-hydrogen) atoms. The number of rotatable bonds is 4. The molecule has 1 aromatic heterocycles. The second-order valence-electron chi connectivity index (χ2n) is 7.53. The van der Waals surface area contributed by atoms with Crippen LogP contribution in [-0.4, -0.2) is 39.3 Å². The number of nitrogens with zero attached hydrogens (tertiary/aromatic N) is 2. The summed E-state index contributed by atoms with van der Waals surface area (Å²) in [7, 11) is 0. The van der Waals surface area contributed by atoms with Gasteiger partial charge in [-0.1, -0.05) is 18.2 Å². The van der Waals surface area contributed by atoms with Crippen molar-refractivity contribution < 1.29 is 19.1 Å². The number of esters is 1. The highest BCUT2D eigenvalue weighted by Gasteiger charge is 2.26. The number of ether oxygens (including phenoxy) is 1. The van der Waals surface area contributed by atoms with Crippen LogP contribution in [0.25, 0.3) is 5.69 Å². The molecule has 2 N–H and O–H groups in total. The number of nitrogens with one attached hydrogen (secondary N) is 2. The zero-order valence-electron chi connectivity index (χ0n) is 17.0. The van der Waals surface area contributed by atoms with Crippen molar-refractivity contribution in [3.05, 3.63) is 47.3 Å². The minimum atomic E-state index is -1.14. The van der Waals surface area contributed by atoms with Crippen LogP contribution in [0.3, 0.4) is 0 Å². The van der Waals surface area contributed by atoms with Crippen LogP contribution in [-0.2, 0) is 9.53 Å². The van der Waals surface area contributed by atoms with Crippen LogP contribution in [0.5, 0.6) is 0 Å². The Balaban J connectivity index is 2.09. The lowest BCUT2D eigenvalue weighted by atomic mass is 10.1. The van der Waals surface area contributed by atoms with Crippen LogP contribution in [0.4, 0.5) is 4.79 Å². The van der Waals surface area contributed by atoms with Crippen LogP contribution in [0, 0.1) is 13.8 Å². The number of aromatic nitrogens is 2. The largest absolute Gasteiger partial charge is 0.449 e. The Morgan fingerprint density at radius 2 is 1.71 bits per heavy atom. The van der Waals surface area contributed by atoms with E-state index in [1.54, 1.807) is 39.3 Å². The third-order valence-corrected chi connectivity index (χ3v) is 3.87. The maximum atomic E-state index is 12.6. The number of para-hydroxylation sites is 1. The minimum Gasteiger partial charge on any atom is -0.449 e. The Morgan fingerprint density at radius 3 is 2.29 bits per heavy atom. The average Bonchev–Trinajstić information content (AvgIpc) is 2.88. The molecule has 1 aromatic carbocycles. The molecule has 150 valence electrons. The first kappa shape index (κ1) is 21.1. The SMILES string of the molecule is Cc1nn(-c2ccccc2)c(C)c1C(=O)OC(C)C(=O)NC(=O)NC(C)(C)C. The van der Waals surface area contributed by atoms with E-state index in [0.29, 0.717) is 17.0 Å². The first-order valence-electron chi connectivity index (χ1n) is 8.95. The molecular formula is C20H26N4O4. The molecule has 8 nitrogen and oxygen atoms in total. The fraction of sp³-hybridized carbons (Fsp3) is 0.400. The number of hydrogen-bond acceptors (Lipinski definition) is 5. The number of urea groups is 1. The van der Waals surface area contributed by atoms with E-state index in [2.05, 4.69) is 15.7 Å². The molecule has 2 aromatic rings. The molecular weight excluding hydrogens is 360 g/mol. The van der Waals surface area contributed by atoms with Gasteiger partial charge in [-0.15, -0.1) is 0 Å². The van der Waals surface area contributed by atoms with Crippen molar-refractivity contribution in [2.45, 2.75) is 53.2 Å². The first-order valence-corrected chi connectivity index (χ1v) is 8.95. The van der Waals surface area contributed by atoms with E-state index in [0.717, 1.165) is 5.69 Å². The summed E-state index contributed by atoms with van der Waals surface area (Å²) in [6, 6.07) is 8.74. The molecule has 0 aliphatic rings. The quantitative estimate of drug-likeness (QED) is 0.787. The standard InChI is InChI=1S/C20H26N4O4/c1-12-16(13(2)24(23-12)15-10-8-7-9-11-15)18(26)28-14(3)17(25)21-19(27)22-20(4,5)6/h7-11,14H,1-6H3,(H2,21,22,25,27). The number of imide groups is 1. The highest BCUT2D eigenvalue weighted by atomic mass is 16.5. The van der Waals surface area contributed by atoms with Crippen molar-refractivity contribution in [1.82, 2.24) is 20.4 Å². The van der Waals surface area contributed by atoms with E-state index < -0.39 is 29.6 Å². The van der Waals surface area contributed by atoms with Crippen molar-refractivity contribution in [2.24, 2.45) is 0 Å². The van der Waals surface area contributed by atoms with E-state index in [1.807, 2.05) is 30.3 Å². The lowest BCUT2D eigenvalue weighted by Gasteiger charge is -2.21. The fourth-order valence-electron chi connectivity index (χ4n) is 2.62. The lowest BCUT2D eigenvalue weighted by molar-refractivity contribution is -0.127. The zero-order chi connectivity index (χ0) is 21.1. The Morgan fingerprint density at radius 1 is 1.11 bits per heavy atom. The molecule has 1 unspecified atom stereocenters. The molecule has 1 atom stereocenters. The third kappa shape index (κ3) is 5.18. The van der Waals surface area contributed by atoms with Crippen LogP contribution in [0.1, 0.15) is 49.4 Å². The summed E-state index contributed by atoms with van der Waals surface area (Å²) >= 11 is 0. The van der Waals surface area contributed by atoms with E-state index in [1.165, 1.54) is 6.92 Å². The van der Waals surface area contributed by atoms with Crippen molar-refractivity contribution in [1.29, 1.82) is 0 Å². The van der Waals surface area contributed by atoms with Gasteiger partial charge in [-0.05, 0) is 53.7 Å². The van der Waals surface area contributed by atoms with Crippen LogP contribution in [0.15, 0.2) is 30.3 Å². The fourth-order valence-corrected chi connectivity index (χ4v) is 2.62. The third-order valence-electron chi connectivity index (χ3n) is 3.87. The highest BCUT2D eigenvalue weighted by molar-refractivity contribution is 5.99. The summed E-state index contributed by atoms with van der Waals surface area (Å²) < 4.78 is 6.90. The van der Waals surface area contributed by atoms with Gasteiger partial charge in [0.1, 0.15) is 5.56 Å². The van der Waals surface area contributed by atoms with Gasteiger partial charge in [-0.3, -0.25) is 10.1 Å². The topological polar surface area (TPSA) is 102 Å².